The molecular weight excluding hydrogens is 154 g/mol. The van der Waals surface area contributed by atoms with Gasteiger partial charge in [-0.3, -0.25) is 4.68 Å². The van der Waals surface area contributed by atoms with E-state index in [4.69, 9.17) is 0 Å². The van der Waals surface area contributed by atoms with Gasteiger partial charge in [-0.05, 0) is 13.8 Å². The highest BCUT2D eigenvalue weighted by atomic mass is 16.3. The summed E-state index contributed by atoms with van der Waals surface area (Å²) in [6.45, 7) is 6.52. The fraction of sp³-hybridized carbons (Fsp3) is 0.750. The number of aliphatic hydroxyl groups excluding tert-OH is 1. The predicted octanol–water partition coefficient (Wildman–Crippen LogP) is 0.782. The van der Waals surface area contributed by atoms with E-state index in [1.54, 1.807) is 11.6 Å². The van der Waals surface area contributed by atoms with Crippen LogP contribution in [0.5, 0.6) is 0 Å². The van der Waals surface area contributed by atoms with Crippen LogP contribution in [0.3, 0.4) is 0 Å². The summed E-state index contributed by atoms with van der Waals surface area (Å²) >= 11 is 0. The molecule has 4 heteroatoms. The van der Waals surface area contributed by atoms with Crippen molar-refractivity contribution >= 4 is 0 Å². The minimum Gasteiger partial charge on any atom is -0.393 e. The van der Waals surface area contributed by atoms with Gasteiger partial charge in [-0.1, -0.05) is 12.1 Å². The van der Waals surface area contributed by atoms with Crippen molar-refractivity contribution in [1.82, 2.24) is 15.0 Å². The minimum absolute atomic E-state index is 0.0605. The standard InChI is InChI=1S/C8H15N3O/c1-4-11-5-8(9-10-11)6(2)7(3)12/h5-7,12H,4H2,1-3H3. The zero-order valence-electron chi connectivity index (χ0n) is 7.73. The van der Waals surface area contributed by atoms with Crippen LogP contribution in [0.25, 0.3) is 0 Å². The maximum atomic E-state index is 9.28. The molecule has 1 heterocycles. The molecule has 12 heavy (non-hydrogen) atoms. The maximum absolute atomic E-state index is 9.28. The zero-order chi connectivity index (χ0) is 9.14. The van der Waals surface area contributed by atoms with Gasteiger partial charge in [-0.15, -0.1) is 5.10 Å². The van der Waals surface area contributed by atoms with Crippen molar-refractivity contribution in [1.29, 1.82) is 0 Å². The van der Waals surface area contributed by atoms with Crippen LogP contribution in [0.15, 0.2) is 6.20 Å². The van der Waals surface area contributed by atoms with Crippen LogP contribution in [0.2, 0.25) is 0 Å². The molecule has 1 rings (SSSR count). The SMILES string of the molecule is CCn1cc(C(C)C(C)O)nn1. The molecule has 0 radical (unpaired) electrons. The molecule has 0 saturated heterocycles. The van der Waals surface area contributed by atoms with Gasteiger partial charge in [-0.25, -0.2) is 0 Å². The lowest BCUT2D eigenvalue weighted by atomic mass is 10.0. The van der Waals surface area contributed by atoms with Crippen molar-refractivity contribution in [3.63, 3.8) is 0 Å². The van der Waals surface area contributed by atoms with Crippen LogP contribution in [-0.2, 0) is 6.54 Å². The molecule has 0 spiro atoms. The normalized spacial score (nSPS) is 16.0. The first kappa shape index (κ1) is 9.19. The summed E-state index contributed by atoms with van der Waals surface area (Å²) < 4.78 is 1.76. The fourth-order valence-electron chi connectivity index (χ4n) is 0.924. The van der Waals surface area contributed by atoms with Gasteiger partial charge in [-0.2, -0.15) is 0 Å². The number of nitrogens with zero attached hydrogens (tertiary/aromatic N) is 3. The predicted molar refractivity (Wildman–Crippen MR) is 45.8 cm³/mol. The van der Waals surface area contributed by atoms with Gasteiger partial charge in [0.25, 0.3) is 0 Å². The van der Waals surface area contributed by atoms with Crippen LogP contribution in [0, 0.1) is 0 Å². The molecule has 0 saturated carbocycles. The van der Waals surface area contributed by atoms with Crippen LogP contribution < -0.4 is 0 Å². The molecule has 2 unspecified atom stereocenters. The molecule has 1 N–H and O–H groups in total. The topological polar surface area (TPSA) is 50.9 Å². The van der Waals surface area contributed by atoms with Crippen molar-refractivity contribution in [2.45, 2.75) is 39.3 Å². The van der Waals surface area contributed by atoms with E-state index in [9.17, 15) is 5.11 Å². The van der Waals surface area contributed by atoms with Crippen LogP contribution in [0.1, 0.15) is 32.4 Å². The van der Waals surface area contributed by atoms with E-state index in [1.165, 1.54) is 0 Å². The average Bonchev–Trinajstić information content (AvgIpc) is 2.50. The fourth-order valence-corrected chi connectivity index (χ4v) is 0.924. The molecule has 0 fully saturated rings. The van der Waals surface area contributed by atoms with Gasteiger partial charge in [0.15, 0.2) is 0 Å². The molecule has 1 aromatic rings. The lowest BCUT2D eigenvalue weighted by molar-refractivity contribution is 0.167. The smallest absolute Gasteiger partial charge is 0.0880 e. The van der Waals surface area contributed by atoms with E-state index >= 15 is 0 Å². The van der Waals surface area contributed by atoms with Crippen molar-refractivity contribution in [2.24, 2.45) is 0 Å². The molecule has 0 aliphatic carbocycles. The Labute approximate surface area is 72.2 Å². The largest absolute Gasteiger partial charge is 0.393 e. The summed E-state index contributed by atoms with van der Waals surface area (Å²) in [5.74, 6) is 0.0605. The first-order valence-electron chi connectivity index (χ1n) is 4.23. The van der Waals surface area contributed by atoms with Gasteiger partial charge in [0.2, 0.25) is 0 Å². The van der Waals surface area contributed by atoms with Gasteiger partial charge in [0.1, 0.15) is 0 Å². The highest BCUT2D eigenvalue weighted by molar-refractivity contribution is 5.01. The third-order valence-corrected chi connectivity index (χ3v) is 2.07. The van der Waals surface area contributed by atoms with Crippen molar-refractivity contribution in [2.75, 3.05) is 0 Å². The van der Waals surface area contributed by atoms with Gasteiger partial charge in [0.05, 0.1) is 11.8 Å². The second kappa shape index (κ2) is 3.67. The second-order valence-electron chi connectivity index (χ2n) is 3.03. The molecule has 0 aromatic carbocycles. The molecule has 2 atom stereocenters. The van der Waals surface area contributed by atoms with Crippen LogP contribution in [0.4, 0.5) is 0 Å². The molecule has 0 bridgehead atoms. The van der Waals surface area contributed by atoms with Crippen LogP contribution in [-0.4, -0.2) is 26.2 Å². The Bertz CT molecular complexity index is 244. The number of rotatable bonds is 3. The summed E-state index contributed by atoms with van der Waals surface area (Å²) in [4.78, 5) is 0. The first-order valence-corrected chi connectivity index (χ1v) is 4.23. The number of aryl methyl sites for hydroxylation is 1. The Morgan fingerprint density at radius 2 is 2.25 bits per heavy atom. The molecule has 0 amide bonds. The molecule has 68 valence electrons. The molecule has 0 aliphatic rings. The minimum atomic E-state index is -0.369. The quantitative estimate of drug-likeness (QED) is 0.727. The highest BCUT2D eigenvalue weighted by Gasteiger charge is 2.14. The van der Waals surface area contributed by atoms with Gasteiger partial charge < -0.3 is 5.11 Å². The third-order valence-electron chi connectivity index (χ3n) is 2.07. The van der Waals surface area contributed by atoms with E-state index in [0.29, 0.717) is 0 Å². The third kappa shape index (κ3) is 1.82. The molecule has 1 aromatic heterocycles. The summed E-state index contributed by atoms with van der Waals surface area (Å²) in [5, 5.41) is 17.1. The number of hydrogen-bond donors (Lipinski definition) is 1. The molecule has 4 nitrogen and oxygen atoms in total. The average molecular weight is 169 g/mol. The Hall–Kier alpha value is -0.900. The highest BCUT2D eigenvalue weighted by Crippen LogP contribution is 2.15. The van der Waals surface area contributed by atoms with Crippen LogP contribution >= 0.6 is 0 Å². The Morgan fingerprint density at radius 1 is 1.58 bits per heavy atom. The monoisotopic (exact) mass is 169 g/mol. The van der Waals surface area contributed by atoms with E-state index < -0.39 is 0 Å². The molecular formula is C8H15N3O. The summed E-state index contributed by atoms with van der Waals surface area (Å²) in [5.41, 5.74) is 0.854. The van der Waals surface area contributed by atoms with Crippen molar-refractivity contribution in [3.05, 3.63) is 11.9 Å². The molecule has 0 aliphatic heterocycles. The van der Waals surface area contributed by atoms with Gasteiger partial charge >= 0.3 is 0 Å². The van der Waals surface area contributed by atoms with E-state index in [1.807, 2.05) is 20.0 Å². The number of hydrogen-bond acceptors (Lipinski definition) is 3. The van der Waals surface area contributed by atoms with Crippen molar-refractivity contribution in [3.8, 4) is 0 Å². The van der Waals surface area contributed by atoms with E-state index in [2.05, 4.69) is 10.3 Å². The Balaban J connectivity index is 2.74. The Morgan fingerprint density at radius 3 is 2.67 bits per heavy atom. The zero-order valence-corrected chi connectivity index (χ0v) is 7.73. The Kier molecular flexibility index (Phi) is 2.81. The van der Waals surface area contributed by atoms with Crippen molar-refractivity contribution < 1.29 is 5.11 Å². The lowest BCUT2D eigenvalue weighted by Crippen LogP contribution is -2.11. The summed E-state index contributed by atoms with van der Waals surface area (Å²) in [7, 11) is 0. The number of aliphatic hydroxyl groups is 1. The summed E-state index contributed by atoms with van der Waals surface area (Å²) in [6, 6.07) is 0. The first-order chi connectivity index (χ1) is 5.65. The van der Waals surface area contributed by atoms with E-state index in [-0.39, 0.29) is 12.0 Å². The van der Waals surface area contributed by atoms with E-state index in [0.717, 1.165) is 12.2 Å². The second-order valence-corrected chi connectivity index (χ2v) is 3.03. The van der Waals surface area contributed by atoms with Gasteiger partial charge in [0, 0.05) is 18.7 Å². The number of aromatic nitrogens is 3. The summed E-state index contributed by atoms with van der Waals surface area (Å²) in [6.07, 6.45) is 1.50. The lowest BCUT2D eigenvalue weighted by Gasteiger charge is -2.09. The maximum Gasteiger partial charge on any atom is 0.0880 e.